The SMILES string of the molecule is Cc1cc(C(=O)CN2C(=O)N[C@@]3(CCOc4ccccc43)C2=O)c(C)n1-c1ccccn1. The fraction of sp³-hybridized carbons (Fsp3) is 0.250. The van der Waals surface area contributed by atoms with Gasteiger partial charge in [-0.15, -0.1) is 0 Å². The van der Waals surface area contributed by atoms with Gasteiger partial charge in [0, 0.05) is 35.1 Å². The summed E-state index contributed by atoms with van der Waals surface area (Å²) in [6, 6.07) is 13.9. The highest BCUT2D eigenvalue weighted by molar-refractivity contribution is 6.12. The lowest BCUT2D eigenvalue weighted by Gasteiger charge is -2.33. The molecule has 32 heavy (non-hydrogen) atoms. The number of nitrogens with one attached hydrogen (secondary N) is 1. The van der Waals surface area contributed by atoms with E-state index in [1.807, 2.05) is 42.7 Å². The Morgan fingerprint density at radius 3 is 2.72 bits per heavy atom. The molecular formula is C24H22N4O4. The maximum absolute atomic E-state index is 13.4. The van der Waals surface area contributed by atoms with Gasteiger partial charge in [0.2, 0.25) is 0 Å². The van der Waals surface area contributed by atoms with E-state index in [-0.39, 0.29) is 12.3 Å². The first kappa shape index (κ1) is 20.0. The Labute approximate surface area is 184 Å². The number of carbonyl (C=O) groups excluding carboxylic acids is 3. The van der Waals surface area contributed by atoms with E-state index in [0.717, 1.165) is 10.6 Å². The largest absolute Gasteiger partial charge is 0.493 e. The zero-order valence-electron chi connectivity index (χ0n) is 17.8. The molecule has 8 heteroatoms. The van der Waals surface area contributed by atoms with Crippen molar-refractivity contribution in [1.82, 2.24) is 19.8 Å². The number of benzene rings is 1. The van der Waals surface area contributed by atoms with E-state index in [4.69, 9.17) is 4.74 Å². The molecule has 1 atom stereocenters. The molecule has 0 radical (unpaired) electrons. The molecule has 0 aliphatic carbocycles. The maximum Gasteiger partial charge on any atom is 0.325 e. The van der Waals surface area contributed by atoms with Crippen molar-refractivity contribution in [2.24, 2.45) is 0 Å². The van der Waals surface area contributed by atoms with Gasteiger partial charge in [-0.2, -0.15) is 0 Å². The minimum absolute atomic E-state index is 0.302. The first-order valence-corrected chi connectivity index (χ1v) is 10.4. The van der Waals surface area contributed by atoms with Crippen LogP contribution in [0.2, 0.25) is 0 Å². The van der Waals surface area contributed by atoms with Crippen LogP contribution in [-0.2, 0) is 10.3 Å². The third kappa shape index (κ3) is 2.90. The number of nitrogens with zero attached hydrogens (tertiary/aromatic N) is 3. The number of carbonyl (C=O) groups is 3. The van der Waals surface area contributed by atoms with Crippen molar-refractivity contribution in [2.45, 2.75) is 25.8 Å². The molecule has 0 bridgehead atoms. The highest BCUT2D eigenvalue weighted by Crippen LogP contribution is 2.41. The average Bonchev–Trinajstić information content (AvgIpc) is 3.22. The minimum Gasteiger partial charge on any atom is -0.493 e. The van der Waals surface area contributed by atoms with Gasteiger partial charge in [-0.05, 0) is 38.1 Å². The summed E-state index contributed by atoms with van der Waals surface area (Å²) in [6.07, 6.45) is 2.00. The summed E-state index contributed by atoms with van der Waals surface area (Å²) in [5.74, 6) is 0.542. The van der Waals surface area contributed by atoms with E-state index in [9.17, 15) is 14.4 Å². The van der Waals surface area contributed by atoms with Crippen molar-refractivity contribution < 1.29 is 19.1 Å². The molecule has 4 heterocycles. The van der Waals surface area contributed by atoms with Gasteiger partial charge >= 0.3 is 6.03 Å². The van der Waals surface area contributed by atoms with E-state index in [1.165, 1.54) is 0 Å². The number of Topliss-reactive ketones (excluding diaryl/α,β-unsaturated/α-hetero) is 1. The molecule has 1 spiro atoms. The number of para-hydroxylation sites is 1. The van der Waals surface area contributed by atoms with Crippen molar-refractivity contribution in [3.63, 3.8) is 0 Å². The fourth-order valence-corrected chi connectivity index (χ4v) is 4.63. The highest BCUT2D eigenvalue weighted by Gasteiger charge is 2.55. The van der Waals surface area contributed by atoms with Gasteiger partial charge in [-0.1, -0.05) is 24.3 Å². The van der Waals surface area contributed by atoms with Crippen LogP contribution >= 0.6 is 0 Å². The van der Waals surface area contributed by atoms with Gasteiger partial charge in [-0.25, -0.2) is 9.78 Å². The van der Waals surface area contributed by atoms with E-state index in [0.29, 0.717) is 41.4 Å². The lowest BCUT2D eigenvalue weighted by Crippen LogP contribution is -2.47. The number of imide groups is 1. The Morgan fingerprint density at radius 2 is 1.94 bits per heavy atom. The number of aromatic nitrogens is 2. The minimum atomic E-state index is -1.20. The second kappa shape index (κ2) is 7.33. The molecule has 2 aliphatic heterocycles. The Morgan fingerprint density at radius 1 is 1.16 bits per heavy atom. The van der Waals surface area contributed by atoms with Crippen molar-refractivity contribution >= 4 is 17.7 Å². The van der Waals surface area contributed by atoms with Crippen molar-refractivity contribution in [3.8, 4) is 11.6 Å². The molecular weight excluding hydrogens is 408 g/mol. The normalized spacial score (nSPS) is 19.6. The Bertz CT molecular complexity index is 1250. The van der Waals surface area contributed by atoms with Crippen LogP contribution in [0.3, 0.4) is 0 Å². The van der Waals surface area contributed by atoms with Crippen LogP contribution in [0.5, 0.6) is 5.75 Å². The standard InChI is InChI=1S/C24H22N4O4/c1-15-13-17(16(2)28(15)21-9-5-6-11-25-21)19(29)14-27-22(30)24(26-23(27)31)10-12-32-20-8-4-3-7-18(20)24/h3-9,11,13H,10,12,14H2,1-2H3,(H,26,31)/t24-/m1/s1. The Hall–Kier alpha value is -3.94. The molecule has 2 aromatic heterocycles. The van der Waals surface area contributed by atoms with Crippen LogP contribution in [0, 0.1) is 13.8 Å². The number of urea groups is 1. The van der Waals surface area contributed by atoms with Crippen molar-refractivity contribution in [1.29, 1.82) is 0 Å². The lowest BCUT2D eigenvalue weighted by atomic mass is 9.84. The number of pyridine rings is 1. The zero-order chi connectivity index (χ0) is 22.5. The predicted octanol–water partition coefficient (Wildman–Crippen LogP) is 2.90. The number of fused-ring (bicyclic) bond motifs is 2. The summed E-state index contributed by atoms with van der Waals surface area (Å²) < 4.78 is 7.54. The summed E-state index contributed by atoms with van der Waals surface area (Å²) in [7, 11) is 0. The quantitative estimate of drug-likeness (QED) is 0.507. The third-order valence-electron chi connectivity index (χ3n) is 6.17. The topological polar surface area (TPSA) is 93.5 Å². The van der Waals surface area contributed by atoms with Crippen molar-refractivity contribution in [3.05, 3.63) is 77.2 Å². The zero-order valence-corrected chi connectivity index (χ0v) is 17.8. The first-order valence-electron chi connectivity index (χ1n) is 10.4. The fourth-order valence-electron chi connectivity index (χ4n) is 4.63. The van der Waals surface area contributed by atoms with Crippen molar-refractivity contribution in [2.75, 3.05) is 13.2 Å². The molecule has 5 rings (SSSR count). The predicted molar refractivity (Wildman–Crippen MR) is 116 cm³/mol. The number of hydrogen-bond donors (Lipinski definition) is 1. The molecule has 1 saturated heterocycles. The number of amides is 3. The molecule has 1 fully saturated rings. The summed E-state index contributed by atoms with van der Waals surface area (Å²) in [5, 5.41) is 2.83. The first-order chi connectivity index (χ1) is 15.4. The van der Waals surface area contributed by atoms with Crippen LogP contribution in [0.25, 0.3) is 5.82 Å². The van der Waals surface area contributed by atoms with Gasteiger partial charge in [0.1, 0.15) is 11.6 Å². The van der Waals surface area contributed by atoms with Crippen LogP contribution in [-0.4, -0.2) is 45.3 Å². The molecule has 3 aromatic rings. The van der Waals surface area contributed by atoms with Gasteiger partial charge in [0.15, 0.2) is 11.3 Å². The highest BCUT2D eigenvalue weighted by atomic mass is 16.5. The van der Waals surface area contributed by atoms with Gasteiger partial charge in [-0.3, -0.25) is 14.5 Å². The van der Waals surface area contributed by atoms with E-state index >= 15 is 0 Å². The lowest BCUT2D eigenvalue weighted by molar-refractivity contribution is -0.132. The van der Waals surface area contributed by atoms with Gasteiger partial charge in [0.25, 0.3) is 5.91 Å². The Kier molecular flexibility index (Phi) is 4.58. The molecule has 3 amide bonds. The smallest absolute Gasteiger partial charge is 0.325 e. The number of hydrogen-bond acceptors (Lipinski definition) is 5. The molecule has 0 unspecified atom stereocenters. The van der Waals surface area contributed by atoms with E-state index in [2.05, 4.69) is 10.3 Å². The van der Waals surface area contributed by atoms with Crippen LogP contribution in [0.15, 0.2) is 54.7 Å². The van der Waals surface area contributed by atoms with Crippen LogP contribution < -0.4 is 10.1 Å². The summed E-state index contributed by atoms with van der Waals surface area (Å²) in [4.78, 5) is 44.8. The number of ketones is 1. The molecule has 1 aromatic carbocycles. The summed E-state index contributed by atoms with van der Waals surface area (Å²) >= 11 is 0. The number of rotatable bonds is 4. The summed E-state index contributed by atoms with van der Waals surface area (Å²) in [5.41, 5.74) is 1.44. The van der Waals surface area contributed by atoms with E-state index in [1.54, 1.807) is 30.5 Å². The molecule has 1 N–H and O–H groups in total. The number of aryl methyl sites for hydroxylation is 1. The van der Waals surface area contributed by atoms with Gasteiger partial charge in [0.05, 0.1) is 13.2 Å². The summed E-state index contributed by atoms with van der Waals surface area (Å²) in [6.45, 7) is 3.69. The second-order valence-corrected chi connectivity index (χ2v) is 8.05. The molecule has 2 aliphatic rings. The number of ether oxygens (including phenoxy) is 1. The van der Waals surface area contributed by atoms with E-state index < -0.39 is 17.5 Å². The van der Waals surface area contributed by atoms with Crippen LogP contribution in [0.4, 0.5) is 4.79 Å². The monoisotopic (exact) mass is 430 g/mol. The molecule has 162 valence electrons. The second-order valence-electron chi connectivity index (χ2n) is 8.05. The van der Waals surface area contributed by atoms with Gasteiger partial charge < -0.3 is 14.6 Å². The Balaban J connectivity index is 1.44. The molecule has 0 saturated carbocycles. The maximum atomic E-state index is 13.4. The average molecular weight is 430 g/mol. The van der Waals surface area contributed by atoms with Crippen LogP contribution in [0.1, 0.15) is 33.7 Å². The third-order valence-corrected chi connectivity index (χ3v) is 6.17. The molecule has 8 nitrogen and oxygen atoms in total.